The molecule has 1 aliphatic rings. The second-order valence-electron chi connectivity index (χ2n) is 5.22. The minimum atomic E-state index is -4.41. The molecular formula is C14H21F3IN5OS. The van der Waals surface area contributed by atoms with Crippen molar-refractivity contribution in [3.8, 4) is 0 Å². The van der Waals surface area contributed by atoms with Gasteiger partial charge in [0.25, 0.3) is 0 Å². The molecule has 0 aliphatic carbocycles. The molecule has 1 aromatic rings. The van der Waals surface area contributed by atoms with Gasteiger partial charge in [0, 0.05) is 33.2 Å². The molecule has 1 aliphatic heterocycles. The highest BCUT2D eigenvalue weighted by Crippen LogP contribution is 2.22. The number of anilines is 1. The second kappa shape index (κ2) is 10.0. The van der Waals surface area contributed by atoms with Crippen LogP contribution in [0.5, 0.6) is 0 Å². The molecule has 2 heterocycles. The summed E-state index contributed by atoms with van der Waals surface area (Å²) in [7, 11) is 1.58. The van der Waals surface area contributed by atoms with E-state index in [2.05, 4.69) is 21.3 Å². The lowest BCUT2D eigenvalue weighted by atomic mass is 10.3. The van der Waals surface area contributed by atoms with Crippen molar-refractivity contribution < 1.29 is 18.0 Å². The fourth-order valence-corrected chi connectivity index (χ4v) is 3.13. The number of nitrogens with zero attached hydrogens (tertiary/aromatic N) is 3. The Labute approximate surface area is 165 Å². The van der Waals surface area contributed by atoms with Crippen LogP contribution >= 0.6 is 35.3 Å². The fourth-order valence-electron chi connectivity index (χ4n) is 2.34. The van der Waals surface area contributed by atoms with Gasteiger partial charge in [-0.3, -0.25) is 9.79 Å². The van der Waals surface area contributed by atoms with Crippen molar-refractivity contribution in [2.45, 2.75) is 6.18 Å². The molecule has 1 amide bonds. The van der Waals surface area contributed by atoms with Crippen LogP contribution in [0.4, 0.5) is 18.2 Å². The summed E-state index contributed by atoms with van der Waals surface area (Å²) < 4.78 is 36.2. The number of carbonyl (C=O) groups is 1. The molecule has 6 nitrogen and oxygen atoms in total. The lowest BCUT2D eigenvalue weighted by molar-refractivity contribution is -0.137. The molecule has 0 saturated carbocycles. The predicted octanol–water partition coefficient (Wildman–Crippen LogP) is 1.74. The number of alkyl halides is 3. The Morgan fingerprint density at radius 1 is 1.28 bits per heavy atom. The van der Waals surface area contributed by atoms with Crippen LogP contribution in [0, 0.1) is 0 Å². The van der Waals surface area contributed by atoms with E-state index in [9.17, 15) is 18.0 Å². The number of guanidine groups is 1. The van der Waals surface area contributed by atoms with Crippen molar-refractivity contribution >= 4 is 52.2 Å². The highest BCUT2D eigenvalue weighted by atomic mass is 127. The van der Waals surface area contributed by atoms with E-state index in [4.69, 9.17) is 0 Å². The second-order valence-corrected chi connectivity index (χ2v) is 6.14. The van der Waals surface area contributed by atoms with Crippen LogP contribution in [0.25, 0.3) is 0 Å². The smallest absolute Gasteiger partial charge is 0.360 e. The highest BCUT2D eigenvalue weighted by Gasteiger charge is 2.27. The van der Waals surface area contributed by atoms with Crippen LogP contribution in [0.15, 0.2) is 22.5 Å². The zero-order valence-corrected chi connectivity index (χ0v) is 16.8. The zero-order valence-electron chi connectivity index (χ0n) is 13.7. The number of nitrogens with one attached hydrogen (secondary N) is 2. The summed E-state index contributed by atoms with van der Waals surface area (Å²) >= 11 is 1.68. The average molecular weight is 491 g/mol. The third-order valence-electron chi connectivity index (χ3n) is 3.50. The number of amides is 1. The maximum absolute atomic E-state index is 12.1. The molecule has 1 saturated heterocycles. The van der Waals surface area contributed by atoms with Crippen LogP contribution in [0.2, 0.25) is 0 Å². The SMILES string of the molecule is CN=C(NCC(=O)NCC(F)(F)F)N1CCN(c2cccs2)CC1.I. The van der Waals surface area contributed by atoms with Crippen LogP contribution < -0.4 is 15.5 Å². The predicted molar refractivity (Wildman–Crippen MR) is 104 cm³/mol. The molecule has 0 unspecified atom stereocenters. The van der Waals surface area contributed by atoms with E-state index in [1.54, 1.807) is 18.4 Å². The molecule has 142 valence electrons. The summed E-state index contributed by atoms with van der Waals surface area (Å²) in [5, 5.41) is 7.87. The summed E-state index contributed by atoms with van der Waals surface area (Å²) in [4.78, 5) is 19.8. The average Bonchev–Trinajstić information content (AvgIpc) is 3.08. The van der Waals surface area contributed by atoms with Gasteiger partial charge in [0.2, 0.25) is 5.91 Å². The van der Waals surface area contributed by atoms with Gasteiger partial charge in [-0.15, -0.1) is 35.3 Å². The maximum atomic E-state index is 12.1. The van der Waals surface area contributed by atoms with E-state index in [0.717, 1.165) is 26.2 Å². The lowest BCUT2D eigenvalue weighted by Crippen LogP contribution is -2.53. The lowest BCUT2D eigenvalue weighted by Gasteiger charge is -2.36. The van der Waals surface area contributed by atoms with E-state index in [-0.39, 0.29) is 30.5 Å². The Bertz CT molecular complexity index is 559. The number of carbonyl (C=O) groups excluding carboxylic acids is 1. The number of halogens is 4. The number of hydrogen-bond acceptors (Lipinski definition) is 4. The minimum absolute atomic E-state index is 0. The minimum Gasteiger partial charge on any atom is -0.360 e. The summed E-state index contributed by atoms with van der Waals surface area (Å²) in [6, 6.07) is 4.07. The van der Waals surface area contributed by atoms with Gasteiger partial charge < -0.3 is 20.4 Å². The first-order valence-electron chi connectivity index (χ1n) is 7.46. The Hall–Kier alpha value is -1.24. The number of aliphatic imine (C=N–C) groups is 1. The van der Waals surface area contributed by atoms with Crippen molar-refractivity contribution in [1.29, 1.82) is 0 Å². The van der Waals surface area contributed by atoms with E-state index < -0.39 is 18.6 Å². The summed E-state index contributed by atoms with van der Waals surface area (Å²) in [6.45, 7) is 1.52. The van der Waals surface area contributed by atoms with Crippen LogP contribution in [0.1, 0.15) is 0 Å². The van der Waals surface area contributed by atoms with Crippen molar-refractivity contribution in [3.05, 3.63) is 17.5 Å². The van der Waals surface area contributed by atoms with Gasteiger partial charge in [-0.25, -0.2) is 0 Å². The summed E-state index contributed by atoms with van der Waals surface area (Å²) in [5.74, 6) is -0.200. The van der Waals surface area contributed by atoms with Gasteiger partial charge in [0.1, 0.15) is 6.54 Å². The van der Waals surface area contributed by atoms with Gasteiger partial charge in [-0.2, -0.15) is 13.2 Å². The van der Waals surface area contributed by atoms with Crippen LogP contribution in [-0.4, -0.2) is 69.3 Å². The number of piperazine rings is 1. The molecule has 0 aromatic carbocycles. The first-order chi connectivity index (χ1) is 11.4. The number of hydrogen-bond donors (Lipinski definition) is 2. The molecule has 1 fully saturated rings. The molecule has 0 atom stereocenters. The largest absolute Gasteiger partial charge is 0.405 e. The monoisotopic (exact) mass is 491 g/mol. The van der Waals surface area contributed by atoms with Crippen molar-refractivity contribution in [2.24, 2.45) is 4.99 Å². The van der Waals surface area contributed by atoms with E-state index in [1.807, 2.05) is 21.7 Å². The molecule has 0 spiro atoms. The molecule has 2 rings (SSSR count). The van der Waals surface area contributed by atoms with Crippen molar-refractivity contribution in [1.82, 2.24) is 15.5 Å². The van der Waals surface area contributed by atoms with Gasteiger partial charge in [0.05, 0.1) is 11.5 Å². The molecule has 2 N–H and O–H groups in total. The third kappa shape index (κ3) is 7.26. The maximum Gasteiger partial charge on any atom is 0.405 e. The fraction of sp³-hybridized carbons (Fsp3) is 0.571. The Morgan fingerprint density at radius 3 is 2.48 bits per heavy atom. The van der Waals surface area contributed by atoms with Crippen LogP contribution in [-0.2, 0) is 4.79 Å². The van der Waals surface area contributed by atoms with Crippen LogP contribution in [0.3, 0.4) is 0 Å². The Balaban J connectivity index is 0.00000312. The molecule has 11 heteroatoms. The molecular weight excluding hydrogens is 470 g/mol. The highest BCUT2D eigenvalue weighted by molar-refractivity contribution is 14.0. The first kappa shape index (κ1) is 21.8. The Kier molecular flexibility index (Phi) is 8.76. The molecule has 0 radical (unpaired) electrons. The van der Waals surface area contributed by atoms with E-state index in [1.165, 1.54) is 5.00 Å². The standard InChI is InChI=1S/C14H20F3N5OS.HI/c1-18-13(19-9-11(23)20-10-14(15,16)17)22-6-4-21(5-7-22)12-3-2-8-24-12;/h2-3,8H,4-7,9-10H2,1H3,(H,18,19)(H,20,23);1H. The topological polar surface area (TPSA) is 60.0 Å². The van der Waals surface area contributed by atoms with Gasteiger partial charge in [-0.1, -0.05) is 0 Å². The normalized spacial score (nSPS) is 15.6. The van der Waals surface area contributed by atoms with Crippen molar-refractivity contribution in [3.63, 3.8) is 0 Å². The zero-order chi connectivity index (χ0) is 17.6. The molecule has 1 aromatic heterocycles. The molecule has 25 heavy (non-hydrogen) atoms. The first-order valence-corrected chi connectivity index (χ1v) is 8.34. The number of thiophene rings is 1. The van der Waals surface area contributed by atoms with Gasteiger partial charge >= 0.3 is 6.18 Å². The van der Waals surface area contributed by atoms with E-state index in [0.29, 0.717) is 5.96 Å². The quantitative estimate of drug-likeness (QED) is 0.383. The van der Waals surface area contributed by atoms with Gasteiger partial charge in [0.15, 0.2) is 5.96 Å². The third-order valence-corrected chi connectivity index (χ3v) is 4.43. The number of rotatable bonds is 4. The van der Waals surface area contributed by atoms with Crippen molar-refractivity contribution in [2.75, 3.05) is 51.2 Å². The van der Waals surface area contributed by atoms with E-state index >= 15 is 0 Å². The summed E-state index contributed by atoms with van der Waals surface area (Å²) in [6.07, 6.45) is -4.41. The summed E-state index contributed by atoms with van der Waals surface area (Å²) in [5.41, 5.74) is 0. The van der Waals surface area contributed by atoms with Gasteiger partial charge in [-0.05, 0) is 17.5 Å². The Morgan fingerprint density at radius 2 is 1.96 bits per heavy atom. The molecule has 0 bridgehead atoms.